The van der Waals surface area contributed by atoms with Crippen molar-refractivity contribution in [2.24, 2.45) is 0 Å². The highest BCUT2D eigenvalue weighted by molar-refractivity contribution is 6.33. The zero-order valence-electron chi connectivity index (χ0n) is 12.7. The van der Waals surface area contributed by atoms with Gasteiger partial charge in [0.1, 0.15) is 11.4 Å². The lowest BCUT2D eigenvalue weighted by Gasteiger charge is -2.10. The molecular formula is C17H15ClFNO3. The number of nitrogens with one attached hydrogen (secondary N) is 1. The Morgan fingerprint density at radius 1 is 1.22 bits per heavy atom. The minimum absolute atomic E-state index is 0.0649. The maximum Gasteiger partial charge on any atom is 0.343 e. The molecule has 4 nitrogen and oxygen atoms in total. The quantitative estimate of drug-likeness (QED) is 0.862. The van der Waals surface area contributed by atoms with Gasteiger partial charge in [0, 0.05) is 5.69 Å². The maximum atomic E-state index is 13.6. The van der Waals surface area contributed by atoms with E-state index in [9.17, 15) is 14.0 Å². The summed E-state index contributed by atoms with van der Waals surface area (Å²) in [7, 11) is 0. The summed E-state index contributed by atoms with van der Waals surface area (Å²) in [4.78, 5) is 23.7. The predicted octanol–water partition coefficient (Wildman–Crippen LogP) is 3.89. The number of hydrogen-bond acceptors (Lipinski definition) is 3. The van der Waals surface area contributed by atoms with Gasteiger partial charge in [0.25, 0.3) is 5.91 Å². The molecule has 0 saturated heterocycles. The molecular weight excluding hydrogens is 321 g/mol. The van der Waals surface area contributed by atoms with Crippen molar-refractivity contribution >= 4 is 29.2 Å². The lowest BCUT2D eigenvalue weighted by Crippen LogP contribution is -2.22. The number of amides is 1. The van der Waals surface area contributed by atoms with Gasteiger partial charge in [-0.2, -0.15) is 0 Å². The van der Waals surface area contributed by atoms with Crippen molar-refractivity contribution in [3.05, 3.63) is 63.9 Å². The third-order valence-corrected chi connectivity index (χ3v) is 3.48. The molecule has 0 aromatic heterocycles. The number of esters is 1. The first-order chi connectivity index (χ1) is 10.9. The molecule has 2 aromatic carbocycles. The summed E-state index contributed by atoms with van der Waals surface area (Å²) in [5.41, 5.74) is 2.12. The minimum Gasteiger partial charge on any atom is -0.452 e. The number of rotatable bonds is 4. The molecule has 0 spiro atoms. The van der Waals surface area contributed by atoms with Gasteiger partial charge in [0.05, 0.1) is 5.02 Å². The number of aryl methyl sites for hydroxylation is 2. The Morgan fingerprint density at radius 2 is 1.96 bits per heavy atom. The zero-order valence-corrected chi connectivity index (χ0v) is 13.4. The van der Waals surface area contributed by atoms with E-state index in [1.807, 2.05) is 32.0 Å². The van der Waals surface area contributed by atoms with E-state index in [0.29, 0.717) is 5.69 Å². The van der Waals surface area contributed by atoms with E-state index in [1.165, 1.54) is 12.1 Å². The summed E-state index contributed by atoms with van der Waals surface area (Å²) in [5, 5.41) is 2.58. The van der Waals surface area contributed by atoms with Crippen molar-refractivity contribution in [3.8, 4) is 0 Å². The highest BCUT2D eigenvalue weighted by Crippen LogP contribution is 2.20. The average molecular weight is 336 g/mol. The van der Waals surface area contributed by atoms with Crippen LogP contribution < -0.4 is 5.32 Å². The van der Waals surface area contributed by atoms with Gasteiger partial charge in [-0.1, -0.05) is 29.8 Å². The second-order valence-corrected chi connectivity index (χ2v) is 5.45. The van der Waals surface area contributed by atoms with Gasteiger partial charge in [0.2, 0.25) is 0 Å². The van der Waals surface area contributed by atoms with Crippen molar-refractivity contribution in [1.82, 2.24) is 0 Å². The first-order valence-electron chi connectivity index (χ1n) is 6.86. The Labute approximate surface area is 138 Å². The predicted molar refractivity (Wildman–Crippen MR) is 86.2 cm³/mol. The van der Waals surface area contributed by atoms with E-state index < -0.39 is 24.3 Å². The molecule has 0 aliphatic rings. The second-order valence-electron chi connectivity index (χ2n) is 5.04. The van der Waals surface area contributed by atoms with Crippen molar-refractivity contribution in [1.29, 1.82) is 0 Å². The third kappa shape index (κ3) is 4.29. The molecule has 0 bridgehead atoms. The van der Waals surface area contributed by atoms with Crippen molar-refractivity contribution in [3.63, 3.8) is 0 Å². The van der Waals surface area contributed by atoms with Crippen LogP contribution >= 0.6 is 11.6 Å². The highest BCUT2D eigenvalue weighted by Gasteiger charge is 2.18. The Balaban J connectivity index is 1.99. The standard InChI is InChI=1S/C17H15ClFNO3/c1-10-6-7-11(2)14(8-10)20-15(21)9-23-17(22)16-12(18)4-3-5-13(16)19/h3-8H,9H2,1-2H3,(H,20,21). The van der Waals surface area contributed by atoms with Crippen LogP contribution in [-0.4, -0.2) is 18.5 Å². The fourth-order valence-electron chi connectivity index (χ4n) is 1.95. The molecule has 6 heteroatoms. The SMILES string of the molecule is Cc1ccc(C)c(NC(=O)COC(=O)c2c(F)cccc2Cl)c1. The summed E-state index contributed by atoms with van der Waals surface area (Å²) in [6.07, 6.45) is 0. The van der Waals surface area contributed by atoms with Gasteiger partial charge in [0.15, 0.2) is 6.61 Å². The van der Waals surface area contributed by atoms with Crippen molar-refractivity contribution in [2.75, 3.05) is 11.9 Å². The molecule has 0 unspecified atom stereocenters. The fraction of sp³-hybridized carbons (Fsp3) is 0.176. The summed E-state index contributed by atoms with van der Waals surface area (Å²) in [6.45, 7) is 3.21. The van der Waals surface area contributed by atoms with Gasteiger partial charge in [-0.05, 0) is 43.2 Å². The largest absolute Gasteiger partial charge is 0.452 e. The molecule has 0 heterocycles. The topological polar surface area (TPSA) is 55.4 Å². The lowest BCUT2D eigenvalue weighted by molar-refractivity contribution is -0.119. The molecule has 1 amide bonds. The average Bonchev–Trinajstić information content (AvgIpc) is 2.49. The first-order valence-corrected chi connectivity index (χ1v) is 7.24. The van der Waals surface area contributed by atoms with Crippen LogP contribution in [-0.2, 0) is 9.53 Å². The van der Waals surface area contributed by atoms with Crippen LogP contribution in [0.2, 0.25) is 5.02 Å². The van der Waals surface area contributed by atoms with E-state index in [4.69, 9.17) is 16.3 Å². The number of carbonyl (C=O) groups excluding carboxylic acids is 2. The number of ether oxygens (including phenoxy) is 1. The smallest absolute Gasteiger partial charge is 0.343 e. The number of halogens is 2. The van der Waals surface area contributed by atoms with Crippen LogP contribution in [0, 0.1) is 19.7 Å². The zero-order chi connectivity index (χ0) is 17.0. The first kappa shape index (κ1) is 17.0. The number of hydrogen-bond donors (Lipinski definition) is 1. The summed E-state index contributed by atoms with van der Waals surface area (Å²) >= 11 is 5.77. The fourth-order valence-corrected chi connectivity index (χ4v) is 2.19. The number of anilines is 1. The monoisotopic (exact) mass is 335 g/mol. The second kappa shape index (κ2) is 7.24. The molecule has 2 rings (SSSR count). The van der Waals surface area contributed by atoms with E-state index in [0.717, 1.165) is 17.2 Å². The van der Waals surface area contributed by atoms with Crippen LogP contribution in [0.4, 0.5) is 10.1 Å². The molecule has 0 atom stereocenters. The third-order valence-electron chi connectivity index (χ3n) is 3.17. The van der Waals surface area contributed by atoms with Crippen molar-refractivity contribution in [2.45, 2.75) is 13.8 Å². The van der Waals surface area contributed by atoms with Crippen LogP contribution in [0.15, 0.2) is 36.4 Å². The molecule has 2 aromatic rings. The molecule has 0 saturated carbocycles. The van der Waals surface area contributed by atoms with E-state index in [-0.39, 0.29) is 10.6 Å². The summed E-state index contributed by atoms with van der Waals surface area (Å²) in [6, 6.07) is 9.45. The Kier molecular flexibility index (Phi) is 5.34. The molecule has 120 valence electrons. The molecule has 0 aliphatic heterocycles. The van der Waals surface area contributed by atoms with Gasteiger partial charge in [-0.15, -0.1) is 0 Å². The Hall–Kier alpha value is -2.40. The van der Waals surface area contributed by atoms with Crippen LogP contribution in [0.3, 0.4) is 0 Å². The summed E-state index contributed by atoms with van der Waals surface area (Å²) < 4.78 is 18.4. The lowest BCUT2D eigenvalue weighted by atomic mass is 10.1. The molecule has 23 heavy (non-hydrogen) atoms. The highest BCUT2D eigenvalue weighted by atomic mass is 35.5. The molecule has 0 aliphatic carbocycles. The van der Waals surface area contributed by atoms with Gasteiger partial charge >= 0.3 is 5.97 Å². The Morgan fingerprint density at radius 3 is 2.65 bits per heavy atom. The van der Waals surface area contributed by atoms with Crippen LogP contribution in [0.25, 0.3) is 0 Å². The van der Waals surface area contributed by atoms with Crippen LogP contribution in [0.1, 0.15) is 21.5 Å². The number of benzene rings is 2. The van der Waals surface area contributed by atoms with Gasteiger partial charge in [-0.3, -0.25) is 4.79 Å². The van der Waals surface area contributed by atoms with Gasteiger partial charge < -0.3 is 10.1 Å². The molecule has 1 N–H and O–H groups in total. The maximum absolute atomic E-state index is 13.6. The van der Waals surface area contributed by atoms with E-state index >= 15 is 0 Å². The Bertz CT molecular complexity index is 741. The van der Waals surface area contributed by atoms with Crippen molar-refractivity contribution < 1.29 is 18.7 Å². The van der Waals surface area contributed by atoms with E-state index in [2.05, 4.69) is 5.32 Å². The normalized spacial score (nSPS) is 10.3. The molecule has 0 fully saturated rings. The van der Waals surface area contributed by atoms with Gasteiger partial charge in [-0.25, -0.2) is 9.18 Å². The number of carbonyl (C=O) groups is 2. The minimum atomic E-state index is -0.982. The van der Waals surface area contributed by atoms with E-state index in [1.54, 1.807) is 0 Å². The molecule has 0 radical (unpaired) electrons. The summed E-state index contributed by atoms with van der Waals surface area (Å²) in [5.74, 6) is -2.29. The van der Waals surface area contributed by atoms with Crippen LogP contribution in [0.5, 0.6) is 0 Å².